The minimum Gasteiger partial charge on any atom is -0.481 e. The van der Waals surface area contributed by atoms with Gasteiger partial charge in [-0.25, -0.2) is 0 Å². The van der Waals surface area contributed by atoms with Crippen LogP contribution in [0.3, 0.4) is 0 Å². The van der Waals surface area contributed by atoms with E-state index in [0.717, 1.165) is 12.1 Å². The SMILES string of the molecule is C[C@@H](Oc1ccc(Cl)cc1)C(=O)Nc1cc(C(F)(F)F)ccc1N1CCOCC1. The molecule has 5 nitrogen and oxygen atoms in total. The van der Waals surface area contributed by atoms with Crippen LogP contribution in [0.25, 0.3) is 0 Å². The Kier molecular flexibility index (Phi) is 6.54. The van der Waals surface area contributed by atoms with Crippen LogP contribution in [0, 0.1) is 0 Å². The second kappa shape index (κ2) is 8.92. The summed E-state index contributed by atoms with van der Waals surface area (Å²) in [5, 5.41) is 3.10. The number of carbonyl (C=O) groups is 1. The first-order valence-corrected chi connectivity index (χ1v) is 9.39. The molecular formula is C20H20ClF3N2O3. The molecule has 1 aliphatic rings. The van der Waals surface area contributed by atoms with Gasteiger partial charge in [-0.15, -0.1) is 0 Å². The van der Waals surface area contributed by atoms with Crippen LogP contribution in [-0.2, 0) is 15.7 Å². The highest BCUT2D eigenvalue weighted by atomic mass is 35.5. The van der Waals surface area contributed by atoms with Crippen LogP contribution in [-0.4, -0.2) is 38.3 Å². The van der Waals surface area contributed by atoms with Crippen LogP contribution in [0.15, 0.2) is 42.5 Å². The lowest BCUT2D eigenvalue weighted by Gasteiger charge is -2.31. The molecule has 2 aromatic rings. The highest BCUT2D eigenvalue weighted by Crippen LogP contribution is 2.36. The molecule has 9 heteroatoms. The minimum atomic E-state index is -4.52. The molecule has 156 valence electrons. The van der Waals surface area contributed by atoms with Crippen LogP contribution in [0.2, 0.25) is 5.02 Å². The Hall–Kier alpha value is -2.45. The van der Waals surface area contributed by atoms with E-state index in [2.05, 4.69) is 5.32 Å². The minimum absolute atomic E-state index is 0.0817. The van der Waals surface area contributed by atoms with Gasteiger partial charge in [-0.2, -0.15) is 13.2 Å². The maximum atomic E-state index is 13.2. The third kappa shape index (κ3) is 5.55. The fourth-order valence-electron chi connectivity index (χ4n) is 2.90. The van der Waals surface area contributed by atoms with Crippen molar-refractivity contribution in [1.29, 1.82) is 0 Å². The molecule has 2 aromatic carbocycles. The molecule has 1 N–H and O–H groups in total. The molecule has 29 heavy (non-hydrogen) atoms. The second-order valence-corrected chi connectivity index (χ2v) is 6.97. The Bertz CT molecular complexity index is 853. The number of hydrogen-bond acceptors (Lipinski definition) is 4. The summed E-state index contributed by atoms with van der Waals surface area (Å²) < 4.78 is 50.4. The molecule has 1 aliphatic heterocycles. The standard InChI is InChI=1S/C20H20ClF3N2O3/c1-13(29-16-5-3-15(21)4-6-16)19(27)25-17-12-14(20(22,23)24)2-7-18(17)26-8-10-28-11-9-26/h2-7,12-13H,8-11H2,1H3,(H,25,27)/t13-/m1/s1. The Morgan fingerprint density at radius 1 is 1.17 bits per heavy atom. The molecule has 1 atom stereocenters. The lowest BCUT2D eigenvalue weighted by Crippen LogP contribution is -2.37. The van der Waals surface area contributed by atoms with Gasteiger partial charge in [0.15, 0.2) is 6.10 Å². The van der Waals surface area contributed by atoms with Crippen LogP contribution in [0.4, 0.5) is 24.5 Å². The molecule has 0 bridgehead atoms. The number of anilines is 2. The molecule has 0 unspecified atom stereocenters. The third-order valence-electron chi connectivity index (χ3n) is 4.43. The van der Waals surface area contributed by atoms with Crippen molar-refractivity contribution in [1.82, 2.24) is 0 Å². The van der Waals surface area contributed by atoms with Gasteiger partial charge in [-0.1, -0.05) is 11.6 Å². The molecule has 1 fully saturated rings. The fraction of sp³-hybridized carbons (Fsp3) is 0.350. The van der Waals surface area contributed by atoms with E-state index in [1.165, 1.54) is 13.0 Å². The monoisotopic (exact) mass is 428 g/mol. The number of carbonyl (C=O) groups excluding carboxylic acids is 1. The van der Waals surface area contributed by atoms with E-state index in [1.807, 2.05) is 4.90 Å². The fourth-order valence-corrected chi connectivity index (χ4v) is 3.02. The summed E-state index contributed by atoms with van der Waals surface area (Å²) >= 11 is 5.82. The van der Waals surface area contributed by atoms with Crippen molar-refractivity contribution in [2.75, 3.05) is 36.5 Å². The van der Waals surface area contributed by atoms with Gasteiger partial charge in [0.05, 0.1) is 30.2 Å². The first-order valence-electron chi connectivity index (χ1n) is 9.01. The molecule has 0 radical (unpaired) electrons. The van der Waals surface area contributed by atoms with E-state index in [4.69, 9.17) is 21.1 Å². The lowest BCUT2D eigenvalue weighted by molar-refractivity contribution is -0.137. The van der Waals surface area contributed by atoms with E-state index in [1.54, 1.807) is 24.3 Å². The Labute approximate surface area is 171 Å². The Morgan fingerprint density at radius 2 is 1.83 bits per heavy atom. The van der Waals surface area contributed by atoms with Gasteiger partial charge in [0.1, 0.15) is 5.75 Å². The van der Waals surface area contributed by atoms with Gasteiger partial charge in [0, 0.05) is 18.1 Å². The largest absolute Gasteiger partial charge is 0.481 e. The van der Waals surface area contributed by atoms with Gasteiger partial charge in [0.2, 0.25) is 0 Å². The number of benzene rings is 2. The van der Waals surface area contributed by atoms with Gasteiger partial charge in [-0.05, 0) is 49.4 Å². The zero-order valence-corrected chi connectivity index (χ0v) is 16.4. The van der Waals surface area contributed by atoms with Gasteiger partial charge >= 0.3 is 6.18 Å². The summed E-state index contributed by atoms with van der Waals surface area (Å²) in [4.78, 5) is 14.5. The number of hydrogen-bond donors (Lipinski definition) is 1. The zero-order valence-electron chi connectivity index (χ0n) is 15.6. The zero-order chi connectivity index (χ0) is 21.0. The number of nitrogens with one attached hydrogen (secondary N) is 1. The molecular weight excluding hydrogens is 409 g/mol. The van der Waals surface area contributed by atoms with Gasteiger partial charge in [-0.3, -0.25) is 4.79 Å². The number of halogens is 4. The molecule has 0 saturated carbocycles. The first-order chi connectivity index (χ1) is 13.7. The quantitative estimate of drug-likeness (QED) is 0.756. The summed E-state index contributed by atoms with van der Waals surface area (Å²) in [6.45, 7) is 3.48. The van der Waals surface area contributed by atoms with Crippen LogP contribution < -0.4 is 15.0 Å². The van der Waals surface area contributed by atoms with Crippen molar-refractivity contribution < 1.29 is 27.4 Å². The Balaban J connectivity index is 1.80. The highest BCUT2D eigenvalue weighted by Gasteiger charge is 2.32. The van der Waals surface area contributed by atoms with Crippen LogP contribution in [0.5, 0.6) is 5.75 Å². The normalized spacial score (nSPS) is 15.7. The van der Waals surface area contributed by atoms with Gasteiger partial charge < -0.3 is 19.7 Å². The summed E-state index contributed by atoms with van der Waals surface area (Å²) in [5.41, 5.74) is -0.247. The molecule has 0 aromatic heterocycles. The summed E-state index contributed by atoms with van der Waals surface area (Å²) in [6, 6.07) is 9.76. The average molecular weight is 429 g/mol. The number of nitrogens with zero attached hydrogens (tertiary/aromatic N) is 1. The molecule has 0 spiro atoms. The first kappa shape index (κ1) is 21.3. The molecule has 1 heterocycles. The van der Waals surface area contributed by atoms with Crippen LogP contribution >= 0.6 is 11.6 Å². The van der Waals surface area contributed by atoms with E-state index in [0.29, 0.717) is 42.8 Å². The van der Waals surface area contributed by atoms with Crippen molar-refractivity contribution in [3.8, 4) is 5.75 Å². The third-order valence-corrected chi connectivity index (χ3v) is 4.68. The van der Waals surface area contributed by atoms with Crippen molar-refractivity contribution >= 4 is 28.9 Å². The smallest absolute Gasteiger partial charge is 0.416 e. The topological polar surface area (TPSA) is 50.8 Å². The van der Waals surface area contributed by atoms with Crippen molar-refractivity contribution in [2.45, 2.75) is 19.2 Å². The number of ether oxygens (including phenoxy) is 2. The van der Waals surface area contributed by atoms with Crippen molar-refractivity contribution in [2.24, 2.45) is 0 Å². The molecule has 1 amide bonds. The average Bonchev–Trinajstić information content (AvgIpc) is 2.69. The number of amides is 1. The number of rotatable bonds is 5. The van der Waals surface area contributed by atoms with Gasteiger partial charge in [0.25, 0.3) is 5.91 Å². The second-order valence-electron chi connectivity index (χ2n) is 6.53. The van der Waals surface area contributed by atoms with E-state index >= 15 is 0 Å². The van der Waals surface area contributed by atoms with E-state index in [-0.39, 0.29) is 5.69 Å². The number of morpholine rings is 1. The van der Waals surface area contributed by atoms with E-state index in [9.17, 15) is 18.0 Å². The summed E-state index contributed by atoms with van der Waals surface area (Å²) in [5.74, 6) is -0.136. The molecule has 1 saturated heterocycles. The van der Waals surface area contributed by atoms with Crippen LogP contribution in [0.1, 0.15) is 12.5 Å². The highest BCUT2D eigenvalue weighted by molar-refractivity contribution is 6.30. The van der Waals surface area contributed by atoms with Crippen molar-refractivity contribution in [3.05, 3.63) is 53.1 Å². The molecule has 3 rings (SSSR count). The molecule has 0 aliphatic carbocycles. The summed E-state index contributed by atoms with van der Waals surface area (Å²) in [6.07, 6.45) is -5.45. The lowest BCUT2D eigenvalue weighted by atomic mass is 10.1. The predicted octanol–water partition coefficient (Wildman–Crippen LogP) is 4.60. The Morgan fingerprint density at radius 3 is 2.45 bits per heavy atom. The van der Waals surface area contributed by atoms with Crippen molar-refractivity contribution in [3.63, 3.8) is 0 Å². The summed E-state index contributed by atoms with van der Waals surface area (Å²) in [7, 11) is 0. The predicted molar refractivity (Wildman–Crippen MR) is 105 cm³/mol. The maximum absolute atomic E-state index is 13.2. The van der Waals surface area contributed by atoms with E-state index < -0.39 is 23.8 Å². The number of alkyl halides is 3. The maximum Gasteiger partial charge on any atom is 0.416 e.